The number of carbonyl (C=O) groups is 1. The second-order valence-electron chi connectivity index (χ2n) is 3.10. The van der Waals surface area contributed by atoms with Crippen molar-refractivity contribution in [2.75, 3.05) is 0 Å². The fourth-order valence-electron chi connectivity index (χ4n) is 1.08. The number of carbonyl (C=O) groups excluding carboxylic acids is 1. The van der Waals surface area contributed by atoms with Gasteiger partial charge in [-0.05, 0) is 31.9 Å². The summed E-state index contributed by atoms with van der Waals surface area (Å²) >= 11 is 5.83. The molecule has 0 radical (unpaired) electrons. The van der Waals surface area contributed by atoms with Gasteiger partial charge in [0.05, 0.1) is 0 Å². The highest BCUT2D eigenvalue weighted by atomic mass is 35.5. The molecule has 12 heavy (non-hydrogen) atoms. The molecule has 0 aromatic carbocycles. The van der Waals surface area contributed by atoms with Gasteiger partial charge in [-0.1, -0.05) is 11.6 Å². The van der Waals surface area contributed by atoms with Gasteiger partial charge in [-0.25, -0.2) is 0 Å². The van der Waals surface area contributed by atoms with Gasteiger partial charge in [0.25, 0.3) is 0 Å². The average molecular weight is 186 g/mol. The summed E-state index contributed by atoms with van der Waals surface area (Å²) in [6.45, 7) is 3.77. The number of aliphatic imine (C=N–C) groups is 1. The predicted molar refractivity (Wildman–Crippen MR) is 50.7 cm³/mol. The number of hydrogen-bond acceptors (Lipinski definition) is 2. The van der Waals surface area contributed by atoms with Gasteiger partial charge >= 0.3 is 0 Å². The van der Waals surface area contributed by atoms with Crippen molar-refractivity contribution in [3.63, 3.8) is 0 Å². The Labute approximate surface area is 77.3 Å². The van der Waals surface area contributed by atoms with Crippen LogP contribution in [0.3, 0.4) is 0 Å². The van der Waals surface area contributed by atoms with Crippen LogP contribution in [0.5, 0.6) is 0 Å². The van der Waals surface area contributed by atoms with Crippen LogP contribution < -0.4 is 0 Å². The molecule has 0 spiro atoms. The molecule has 1 unspecified atom stereocenters. The first kappa shape index (κ1) is 9.46. The molecule has 0 N–H and O–H groups in total. The molecule has 0 saturated heterocycles. The van der Waals surface area contributed by atoms with Gasteiger partial charge in [-0.3, -0.25) is 9.79 Å². The first-order valence-corrected chi connectivity index (χ1v) is 4.42. The third-order valence-electron chi connectivity index (χ3n) is 1.85. The van der Waals surface area contributed by atoms with Gasteiger partial charge < -0.3 is 0 Å². The van der Waals surface area contributed by atoms with E-state index in [4.69, 9.17) is 11.6 Å². The number of hydrogen-bond donors (Lipinski definition) is 0. The SMILES string of the molecule is CC1=C/C(=O)CCC(C)/N=C\1Cl. The second kappa shape index (κ2) is 3.85. The number of rotatable bonds is 0. The maximum atomic E-state index is 11.1. The van der Waals surface area contributed by atoms with E-state index in [1.807, 2.05) is 13.8 Å². The predicted octanol–water partition coefficient (Wildman–Crippen LogP) is 2.32. The van der Waals surface area contributed by atoms with Crippen molar-refractivity contribution in [3.8, 4) is 0 Å². The van der Waals surface area contributed by atoms with Crippen molar-refractivity contribution in [2.45, 2.75) is 32.7 Å². The normalized spacial score (nSPS) is 34.2. The molecule has 0 bridgehead atoms. The summed E-state index contributed by atoms with van der Waals surface area (Å²) in [6, 6.07) is 0.157. The van der Waals surface area contributed by atoms with Crippen LogP contribution in [0.25, 0.3) is 0 Å². The molecule has 1 atom stereocenters. The molecule has 1 rings (SSSR count). The number of halogens is 1. The third kappa shape index (κ3) is 2.45. The Morgan fingerprint density at radius 1 is 1.67 bits per heavy atom. The van der Waals surface area contributed by atoms with E-state index in [1.54, 1.807) is 6.08 Å². The lowest BCUT2D eigenvalue weighted by Crippen LogP contribution is -2.09. The smallest absolute Gasteiger partial charge is 0.156 e. The molecule has 0 aromatic heterocycles. The zero-order valence-corrected chi connectivity index (χ0v) is 8.06. The van der Waals surface area contributed by atoms with E-state index in [2.05, 4.69) is 4.99 Å². The molecule has 1 aliphatic heterocycles. The molecule has 0 aliphatic carbocycles. The standard InChI is InChI=1S/C9H12ClNO/c1-6-5-8(12)4-3-7(2)11-9(6)10/h5,7H,3-4H2,1-2H3/b6-5-,11-9+. The maximum Gasteiger partial charge on any atom is 0.156 e. The van der Waals surface area contributed by atoms with Gasteiger partial charge in [0, 0.05) is 12.5 Å². The topological polar surface area (TPSA) is 29.4 Å². The quantitative estimate of drug-likeness (QED) is 0.570. The van der Waals surface area contributed by atoms with Crippen LogP contribution in [0, 0.1) is 0 Å². The zero-order valence-electron chi connectivity index (χ0n) is 7.30. The van der Waals surface area contributed by atoms with Gasteiger partial charge in [-0.15, -0.1) is 0 Å². The zero-order chi connectivity index (χ0) is 9.14. The minimum Gasteiger partial charge on any atom is -0.295 e. The van der Waals surface area contributed by atoms with E-state index in [0.29, 0.717) is 11.6 Å². The Morgan fingerprint density at radius 2 is 2.33 bits per heavy atom. The Hall–Kier alpha value is -0.630. The molecule has 66 valence electrons. The van der Waals surface area contributed by atoms with E-state index in [1.165, 1.54) is 0 Å². The average Bonchev–Trinajstić information content (AvgIpc) is 1.99. The van der Waals surface area contributed by atoms with Crippen LogP contribution in [-0.4, -0.2) is 17.0 Å². The lowest BCUT2D eigenvalue weighted by molar-refractivity contribution is -0.114. The summed E-state index contributed by atoms with van der Waals surface area (Å²) < 4.78 is 0. The van der Waals surface area contributed by atoms with Gasteiger partial charge in [0.2, 0.25) is 0 Å². The van der Waals surface area contributed by atoms with Crippen molar-refractivity contribution >= 4 is 22.6 Å². The lowest BCUT2D eigenvalue weighted by Gasteiger charge is -2.09. The highest BCUT2D eigenvalue weighted by Gasteiger charge is 2.10. The van der Waals surface area contributed by atoms with Crippen molar-refractivity contribution < 1.29 is 4.79 Å². The summed E-state index contributed by atoms with van der Waals surface area (Å²) in [7, 11) is 0. The molecule has 1 heterocycles. The molecule has 0 aromatic rings. The van der Waals surface area contributed by atoms with E-state index >= 15 is 0 Å². The monoisotopic (exact) mass is 185 g/mol. The van der Waals surface area contributed by atoms with Crippen LogP contribution in [-0.2, 0) is 4.79 Å². The Balaban J connectivity index is 2.91. The number of ketones is 1. The first-order valence-electron chi connectivity index (χ1n) is 4.04. The van der Waals surface area contributed by atoms with E-state index in [-0.39, 0.29) is 11.8 Å². The molecule has 1 aliphatic rings. The molecule has 0 amide bonds. The van der Waals surface area contributed by atoms with Crippen LogP contribution in [0.1, 0.15) is 26.7 Å². The highest BCUT2D eigenvalue weighted by Crippen LogP contribution is 2.12. The Bertz CT molecular complexity index is 255. The van der Waals surface area contributed by atoms with Crippen molar-refractivity contribution in [2.24, 2.45) is 4.99 Å². The summed E-state index contributed by atoms with van der Waals surface area (Å²) in [4.78, 5) is 15.4. The summed E-state index contributed by atoms with van der Waals surface area (Å²) in [5.41, 5.74) is 0.771. The number of nitrogens with zero attached hydrogens (tertiary/aromatic N) is 1. The first-order chi connectivity index (χ1) is 5.59. The van der Waals surface area contributed by atoms with Crippen molar-refractivity contribution in [3.05, 3.63) is 11.6 Å². The number of allylic oxidation sites excluding steroid dienone is 2. The van der Waals surface area contributed by atoms with Crippen LogP contribution >= 0.6 is 11.6 Å². The van der Waals surface area contributed by atoms with Crippen LogP contribution in [0.2, 0.25) is 0 Å². The fraction of sp³-hybridized carbons (Fsp3) is 0.556. The molecule has 0 fully saturated rings. The lowest BCUT2D eigenvalue weighted by atomic mass is 10.1. The third-order valence-corrected chi connectivity index (χ3v) is 2.24. The molecule has 3 heteroatoms. The second-order valence-corrected chi connectivity index (χ2v) is 3.46. The summed E-state index contributed by atoms with van der Waals surface area (Å²) in [5.74, 6) is 0.146. The Kier molecular flexibility index (Phi) is 3.04. The summed E-state index contributed by atoms with van der Waals surface area (Å²) in [6.07, 6.45) is 2.93. The van der Waals surface area contributed by atoms with E-state index < -0.39 is 0 Å². The molecular formula is C9H12ClNO. The minimum atomic E-state index is 0.146. The van der Waals surface area contributed by atoms with Gasteiger partial charge in [0.15, 0.2) is 5.78 Å². The molecular weight excluding hydrogens is 174 g/mol. The maximum absolute atomic E-state index is 11.1. The summed E-state index contributed by atoms with van der Waals surface area (Å²) in [5, 5.41) is 0.468. The fourth-order valence-corrected chi connectivity index (χ4v) is 1.31. The minimum absolute atomic E-state index is 0.146. The molecule has 2 nitrogen and oxygen atoms in total. The van der Waals surface area contributed by atoms with E-state index in [9.17, 15) is 4.79 Å². The van der Waals surface area contributed by atoms with Crippen LogP contribution in [0.4, 0.5) is 0 Å². The van der Waals surface area contributed by atoms with Gasteiger partial charge in [0.1, 0.15) is 5.17 Å². The van der Waals surface area contributed by atoms with Crippen LogP contribution in [0.15, 0.2) is 16.6 Å². The largest absolute Gasteiger partial charge is 0.295 e. The van der Waals surface area contributed by atoms with Crippen molar-refractivity contribution in [1.29, 1.82) is 0 Å². The molecule has 0 saturated carbocycles. The Morgan fingerprint density at radius 3 is 3.00 bits per heavy atom. The van der Waals surface area contributed by atoms with E-state index in [0.717, 1.165) is 12.0 Å². The highest BCUT2D eigenvalue weighted by molar-refractivity contribution is 6.69. The van der Waals surface area contributed by atoms with Gasteiger partial charge in [-0.2, -0.15) is 0 Å². The van der Waals surface area contributed by atoms with Crippen molar-refractivity contribution in [1.82, 2.24) is 0 Å².